The highest BCUT2D eigenvalue weighted by molar-refractivity contribution is 5.84. The van der Waals surface area contributed by atoms with Crippen molar-refractivity contribution < 1.29 is 9.59 Å². The highest BCUT2D eigenvalue weighted by Crippen LogP contribution is 2.18. The Hall–Kier alpha value is -2.89. The van der Waals surface area contributed by atoms with E-state index in [1.54, 1.807) is 17.3 Å². The van der Waals surface area contributed by atoms with Gasteiger partial charge >= 0.3 is 6.03 Å². The fraction of sp³-hybridized carbons (Fsp3) is 0.316. The zero-order valence-electron chi connectivity index (χ0n) is 14.2. The number of nitrogens with zero attached hydrogens (tertiary/aromatic N) is 2. The summed E-state index contributed by atoms with van der Waals surface area (Å²) in [6.07, 6.45) is 4.22. The van der Waals surface area contributed by atoms with Crippen molar-refractivity contribution in [2.75, 3.05) is 13.1 Å². The van der Waals surface area contributed by atoms with Crippen LogP contribution >= 0.6 is 0 Å². The zero-order chi connectivity index (χ0) is 17.6. The molecule has 3 rings (SSSR count). The number of pyridine rings is 1. The van der Waals surface area contributed by atoms with Gasteiger partial charge in [-0.25, -0.2) is 4.79 Å². The number of carbonyl (C=O) groups is 2. The van der Waals surface area contributed by atoms with Crippen molar-refractivity contribution in [1.29, 1.82) is 0 Å². The van der Waals surface area contributed by atoms with Crippen molar-refractivity contribution >= 4 is 11.9 Å². The second-order valence-electron chi connectivity index (χ2n) is 6.17. The molecular weight excluding hydrogens is 316 g/mol. The molecule has 2 N–H and O–H groups in total. The molecule has 6 heteroatoms. The van der Waals surface area contributed by atoms with E-state index in [9.17, 15) is 9.59 Å². The van der Waals surface area contributed by atoms with Crippen LogP contribution in [0.25, 0.3) is 0 Å². The normalized spacial score (nSPS) is 14.4. The van der Waals surface area contributed by atoms with Crippen LogP contribution in [-0.2, 0) is 17.8 Å². The number of fused-ring (bicyclic) bond motifs is 1. The number of hydrogen-bond acceptors (Lipinski definition) is 3. The molecule has 1 aromatic carbocycles. The summed E-state index contributed by atoms with van der Waals surface area (Å²) >= 11 is 0. The van der Waals surface area contributed by atoms with Crippen LogP contribution in [0, 0.1) is 0 Å². The quantitative estimate of drug-likeness (QED) is 0.896. The minimum Gasteiger partial charge on any atom is -0.348 e. The highest BCUT2D eigenvalue weighted by Gasteiger charge is 2.20. The third kappa shape index (κ3) is 4.35. The van der Waals surface area contributed by atoms with Gasteiger partial charge in [0.2, 0.25) is 5.91 Å². The van der Waals surface area contributed by atoms with E-state index in [2.05, 4.69) is 21.7 Å². The molecule has 130 valence electrons. The Morgan fingerprint density at radius 2 is 1.88 bits per heavy atom. The zero-order valence-corrected chi connectivity index (χ0v) is 14.2. The topological polar surface area (TPSA) is 74.3 Å². The Morgan fingerprint density at radius 3 is 2.64 bits per heavy atom. The van der Waals surface area contributed by atoms with Crippen LogP contribution in [0.3, 0.4) is 0 Å². The molecule has 3 amide bonds. The summed E-state index contributed by atoms with van der Waals surface area (Å²) in [5, 5.41) is 5.57. The van der Waals surface area contributed by atoms with Gasteiger partial charge in [-0.2, -0.15) is 0 Å². The molecule has 1 aromatic heterocycles. The highest BCUT2D eigenvalue weighted by atomic mass is 16.2. The van der Waals surface area contributed by atoms with Gasteiger partial charge in [0.15, 0.2) is 0 Å². The summed E-state index contributed by atoms with van der Waals surface area (Å²) in [6.45, 7) is 3.11. The fourth-order valence-corrected chi connectivity index (χ4v) is 2.96. The molecule has 6 nitrogen and oxygen atoms in total. The molecule has 2 heterocycles. The number of benzene rings is 1. The Labute approximate surface area is 147 Å². The molecule has 0 spiro atoms. The van der Waals surface area contributed by atoms with Crippen LogP contribution in [0.5, 0.6) is 0 Å². The molecule has 25 heavy (non-hydrogen) atoms. The molecular formula is C19H22N4O2. The number of carbonyl (C=O) groups excluding carboxylic acids is 2. The second kappa shape index (κ2) is 7.79. The molecule has 0 saturated heterocycles. The van der Waals surface area contributed by atoms with Crippen LogP contribution in [0.4, 0.5) is 4.79 Å². The number of urea groups is 1. The van der Waals surface area contributed by atoms with Crippen LogP contribution in [0.2, 0.25) is 0 Å². The minimum atomic E-state index is -0.213. The van der Waals surface area contributed by atoms with E-state index in [4.69, 9.17) is 0 Å². The molecule has 2 aromatic rings. The molecule has 0 bridgehead atoms. The average Bonchev–Trinajstić information content (AvgIpc) is 2.66. The Balaban J connectivity index is 1.47. The van der Waals surface area contributed by atoms with Gasteiger partial charge in [-0.05, 0) is 42.2 Å². The largest absolute Gasteiger partial charge is 0.348 e. The summed E-state index contributed by atoms with van der Waals surface area (Å²) in [6, 6.07) is 11.5. The summed E-state index contributed by atoms with van der Waals surface area (Å²) in [5.74, 6) is -0.213. The lowest BCUT2D eigenvalue weighted by atomic mass is 10.0. The number of rotatable bonds is 4. The second-order valence-corrected chi connectivity index (χ2v) is 6.17. The van der Waals surface area contributed by atoms with Crippen molar-refractivity contribution in [3.8, 4) is 0 Å². The summed E-state index contributed by atoms with van der Waals surface area (Å²) < 4.78 is 0. The van der Waals surface area contributed by atoms with E-state index in [1.807, 2.05) is 37.3 Å². The molecule has 0 radical (unpaired) electrons. The average molecular weight is 338 g/mol. The predicted octanol–water partition coefficient (Wildman–Crippen LogP) is 2.03. The molecule has 0 saturated carbocycles. The lowest BCUT2D eigenvalue weighted by Crippen LogP contribution is -2.46. The van der Waals surface area contributed by atoms with Crippen molar-refractivity contribution in [2.45, 2.75) is 25.9 Å². The number of aromatic nitrogens is 1. The number of nitrogens with one attached hydrogen (secondary N) is 2. The Morgan fingerprint density at radius 1 is 1.16 bits per heavy atom. The van der Waals surface area contributed by atoms with Crippen LogP contribution in [0.15, 0.2) is 48.8 Å². The van der Waals surface area contributed by atoms with Gasteiger partial charge in [0.25, 0.3) is 0 Å². The lowest BCUT2D eigenvalue weighted by molar-refractivity contribution is -0.120. The molecule has 0 fully saturated rings. The molecule has 1 aliphatic rings. The van der Waals surface area contributed by atoms with Gasteiger partial charge in [-0.1, -0.05) is 24.3 Å². The molecule has 1 unspecified atom stereocenters. The first-order chi connectivity index (χ1) is 12.1. The van der Waals surface area contributed by atoms with E-state index in [1.165, 1.54) is 11.1 Å². The van der Waals surface area contributed by atoms with Crippen molar-refractivity contribution in [3.63, 3.8) is 0 Å². The van der Waals surface area contributed by atoms with Crippen molar-refractivity contribution in [2.24, 2.45) is 0 Å². The lowest BCUT2D eigenvalue weighted by Gasteiger charge is -2.29. The van der Waals surface area contributed by atoms with Gasteiger partial charge < -0.3 is 15.5 Å². The summed E-state index contributed by atoms with van der Waals surface area (Å²) in [7, 11) is 0. The predicted molar refractivity (Wildman–Crippen MR) is 94.7 cm³/mol. The van der Waals surface area contributed by atoms with E-state index in [0.717, 1.165) is 12.0 Å². The molecule has 1 aliphatic heterocycles. The SMILES string of the molecule is CC(NC(=O)CNC(=O)N1CCc2ccccc2C1)c1ccncc1. The number of hydrogen-bond donors (Lipinski definition) is 2. The first kappa shape index (κ1) is 17.0. The van der Waals surface area contributed by atoms with Gasteiger partial charge in [0.1, 0.15) is 0 Å². The Bertz CT molecular complexity index is 748. The maximum absolute atomic E-state index is 12.3. The molecule has 1 atom stereocenters. The minimum absolute atomic E-state index is 0.0353. The maximum atomic E-state index is 12.3. The van der Waals surface area contributed by atoms with Crippen LogP contribution in [0.1, 0.15) is 29.7 Å². The monoisotopic (exact) mass is 338 g/mol. The van der Waals surface area contributed by atoms with E-state index >= 15 is 0 Å². The van der Waals surface area contributed by atoms with E-state index in [0.29, 0.717) is 13.1 Å². The third-order valence-corrected chi connectivity index (χ3v) is 4.40. The van der Waals surface area contributed by atoms with Gasteiger partial charge in [-0.3, -0.25) is 9.78 Å². The first-order valence-corrected chi connectivity index (χ1v) is 8.42. The Kier molecular flexibility index (Phi) is 5.28. The number of amides is 3. The van der Waals surface area contributed by atoms with E-state index in [-0.39, 0.29) is 24.5 Å². The molecule has 0 aliphatic carbocycles. The van der Waals surface area contributed by atoms with Gasteiger partial charge in [-0.15, -0.1) is 0 Å². The standard InChI is InChI=1S/C19H22N4O2/c1-14(15-6-9-20-10-7-15)22-18(24)12-21-19(25)23-11-8-16-4-2-3-5-17(16)13-23/h2-7,9-10,14H,8,11-13H2,1H3,(H,21,25)(H,22,24). The first-order valence-electron chi connectivity index (χ1n) is 8.42. The van der Waals surface area contributed by atoms with Crippen molar-refractivity contribution in [3.05, 3.63) is 65.5 Å². The summed E-state index contributed by atoms with van der Waals surface area (Å²) in [5.41, 5.74) is 3.43. The summed E-state index contributed by atoms with van der Waals surface area (Å²) in [4.78, 5) is 30.0. The van der Waals surface area contributed by atoms with Crippen LogP contribution < -0.4 is 10.6 Å². The maximum Gasteiger partial charge on any atom is 0.318 e. The van der Waals surface area contributed by atoms with E-state index < -0.39 is 0 Å². The fourth-order valence-electron chi connectivity index (χ4n) is 2.96. The van der Waals surface area contributed by atoms with Crippen LogP contribution in [-0.4, -0.2) is 34.9 Å². The van der Waals surface area contributed by atoms with Gasteiger partial charge in [0.05, 0.1) is 12.6 Å². The van der Waals surface area contributed by atoms with Gasteiger partial charge in [0, 0.05) is 25.5 Å². The van der Waals surface area contributed by atoms with Crippen molar-refractivity contribution in [1.82, 2.24) is 20.5 Å². The third-order valence-electron chi connectivity index (χ3n) is 4.40. The smallest absolute Gasteiger partial charge is 0.318 e.